The summed E-state index contributed by atoms with van der Waals surface area (Å²) in [7, 11) is 0. The van der Waals surface area contributed by atoms with Gasteiger partial charge in [0, 0.05) is 77.3 Å². The fraction of sp³-hybridized carbons (Fsp3) is 0.879. The highest BCUT2D eigenvalue weighted by atomic mass is 32.5. The lowest BCUT2D eigenvalue weighted by atomic mass is 9.79. The van der Waals surface area contributed by atoms with Crippen LogP contribution in [0, 0.1) is 5.92 Å². The largest absolute Gasteiger partial charge is 0.800 e. The van der Waals surface area contributed by atoms with Gasteiger partial charge in [0.25, 0.3) is 0 Å². The maximum atomic E-state index is 13.8. The quantitative estimate of drug-likeness (QED) is 0.0199. The first kappa shape index (κ1) is 98.6. The van der Waals surface area contributed by atoms with E-state index >= 15 is 0 Å². The summed E-state index contributed by atoms with van der Waals surface area (Å²) >= 11 is 5.08. The highest BCUT2D eigenvalue weighted by Gasteiger charge is 2.48. The first-order valence-corrected chi connectivity index (χ1v) is 39.0. The van der Waals surface area contributed by atoms with Crippen LogP contribution in [0.2, 0.25) is 0 Å². The molecule has 0 aromatic carbocycles. The summed E-state index contributed by atoms with van der Waals surface area (Å²) in [5.41, 5.74) is 0. The monoisotopic (exact) mass is 1620 g/mol. The molecule has 109 heavy (non-hydrogen) atoms. The van der Waals surface area contributed by atoms with Crippen LogP contribution in [0.5, 0.6) is 0 Å². The molecule has 0 spiro atoms. The van der Waals surface area contributed by atoms with E-state index in [0.717, 1.165) is 0 Å². The molecule has 634 valence electrons. The van der Waals surface area contributed by atoms with E-state index in [9.17, 15) is 89.2 Å². The SMILES string of the molecule is CC(=O)NC1C(OCCOCCNC(=O)CCC(NC(=O)CCC(NC(=O)CCOCCOCCOCCOCCOCCOCCOP([O-])(=S)C(C)(C)C)C(=O)NCCOCCOC2OC(CO)C(O)C(O)C2NC(C)=O)C(=O)NCCOCCOC2OC(CO)C(O)C(O)C2NC(C)=O)CC(CO)C(O)C1O. The Hall–Kier alpha value is -4.59. The van der Waals surface area contributed by atoms with Gasteiger partial charge in [-0.1, -0.05) is 32.6 Å². The molecule has 17 N–H and O–H groups in total. The first-order valence-electron chi connectivity index (χ1n) is 36.4. The molecule has 3 aliphatic rings. The maximum absolute atomic E-state index is 13.8. The van der Waals surface area contributed by atoms with Gasteiger partial charge in [-0.15, -0.1) is 0 Å². The summed E-state index contributed by atoms with van der Waals surface area (Å²) in [5, 5.41) is 112. The molecule has 3 fully saturated rings. The highest BCUT2D eigenvalue weighted by Crippen LogP contribution is 2.51. The predicted octanol–water partition coefficient (Wildman–Crippen LogP) is -8.57. The minimum Gasteiger partial charge on any atom is -0.800 e. The van der Waals surface area contributed by atoms with E-state index in [0.29, 0.717) is 39.6 Å². The van der Waals surface area contributed by atoms with Crippen LogP contribution in [0.3, 0.4) is 0 Å². The van der Waals surface area contributed by atoms with Crippen LogP contribution in [-0.2, 0) is 121 Å². The van der Waals surface area contributed by atoms with Crippen molar-refractivity contribution in [2.75, 3.05) is 185 Å². The lowest BCUT2D eigenvalue weighted by Crippen LogP contribution is -2.64. The van der Waals surface area contributed by atoms with Gasteiger partial charge in [-0.05, 0) is 25.8 Å². The highest BCUT2D eigenvalue weighted by molar-refractivity contribution is 8.09. The van der Waals surface area contributed by atoms with Crippen molar-refractivity contribution in [3.63, 3.8) is 0 Å². The summed E-state index contributed by atoms with van der Waals surface area (Å²) in [4.78, 5) is 116. The van der Waals surface area contributed by atoms with Crippen LogP contribution in [0.15, 0.2) is 0 Å². The molecular formula is C66H120N8O33PS-. The van der Waals surface area contributed by atoms with Crippen molar-refractivity contribution in [2.24, 2.45) is 5.92 Å². The second-order valence-electron chi connectivity index (χ2n) is 26.4. The Labute approximate surface area is 639 Å². The summed E-state index contributed by atoms with van der Waals surface area (Å²) < 4.78 is 83.5. The minimum absolute atomic E-state index is 0.00394. The standard InChI is InChI=1S/C66H121N8O33PS/c1-41(78)70-53-47(37-44(38-75)56(84)59(53)87)102-33-29-94-16-12-67-50(81)9-7-45(62(90)68-13-17-95-30-34-103-64-54(71-42(2)79)60(88)57(85)48(39-76)106-64)73-51(82)10-8-46(63(91)69-14-18-96-31-35-104-65-55(72-43(3)80)61(89)58(86)49(40-77)107-65)74-52(83)11-15-93-19-20-97-21-22-98-23-24-99-25-26-100-27-28-101-32-36-105-108(92,109)66(4,5)6/h44-49,53-61,64-65,75-77,84-89H,7-40H2,1-6H3,(H,67,81)(H,68,90)(H,69,91)(H,70,78)(H,71,79)(H,72,80)(H,73,82)(H,74,83)(H,92,109)/p-1. The van der Waals surface area contributed by atoms with Crippen molar-refractivity contribution < 1.29 is 160 Å². The summed E-state index contributed by atoms with van der Waals surface area (Å²) in [6.07, 6.45) is -16.0. The van der Waals surface area contributed by atoms with Crippen molar-refractivity contribution in [3.05, 3.63) is 0 Å². The lowest BCUT2D eigenvalue weighted by molar-refractivity contribution is -0.272. The Morgan fingerprint density at radius 1 is 0.431 bits per heavy atom. The summed E-state index contributed by atoms with van der Waals surface area (Å²) in [5.74, 6) is -5.70. The summed E-state index contributed by atoms with van der Waals surface area (Å²) in [6.45, 7) is 5.87. The number of aliphatic hydroxyl groups is 9. The van der Waals surface area contributed by atoms with E-state index in [1.807, 2.05) is 0 Å². The number of carbonyl (C=O) groups excluding carboxylic acids is 8. The van der Waals surface area contributed by atoms with Crippen molar-refractivity contribution in [1.82, 2.24) is 42.5 Å². The van der Waals surface area contributed by atoms with E-state index in [-0.39, 0.29) is 157 Å². The topological polar surface area (TPSA) is 576 Å². The molecule has 3 rings (SSSR count). The number of ether oxygens (including phenoxy) is 14. The van der Waals surface area contributed by atoms with E-state index < -0.39 is 189 Å². The fourth-order valence-electron chi connectivity index (χ4n) is 10.8. The zero-order valence-corrected chi connectivity index (χ0v) is 64.7. The second kappa shape index (κ2) is 55.8. The molecule has 1 saturated carbocycles. The van der Waals surface area contributed by atoms with Crippen LogP contribution in [0.25, 0.3) is 0 Å². The van der Waals surface area contributed by atoms with Gasteiger partial charge < -0.3 is 164 Å². The molecule has 2 heterocycles. The van der Waals surface area contributed by atoms with Crippen molar-refractivity contribution >= 4 is 65.6 Å². The number of rotatable bonds is 59. The van der Waals surface area contributed by atoms with Crippen LogP contribution in [-0.4, -0.2) is 381 Å². The molecule has 18 unspecified atom stereocenters. The van der Waals surface area contributed by atoms with Crippen molar-refractivity contribution in [2.45, 2.75) is 183 Å². The third-order valence-electron chi connectivity index (χ3n) is 16.7. The minimum atomic E-state index is -3.17. The summed E-state index contributed by atoms with van der Waals surface area (Å²) in [6, 6.07) is -6.05. The fourth-order valence-corrected chi connectivity index (χ4v) is 11.7. The van der Waals surface area contributed by atoms with Gasteiger partial charge in [-0.3, -0.25) is 38.4 Å². The Balaban J connectivity index is 1.57. The Kier molecular flexibility index (Phi) is 50.5. The van der Waals surface area contributed by atoms with Gasteiger partial charge in [0.05, 0.1) is 177 Å². The molecule has 0 bridgehead atoms. The molecule has 0 aromatic heterocycles. The molecule has 43 heteroatoms. The van der Waals surface area contributed by atoms with Gasteiger partial charge in [0.2, 0.25) is 47.3 Å². The predicted molar refractivity (Wildman–Crippen MR) is 381 cm³/mol. The zero-order chi connectivity index (χ0) is 80.7. The molecule has 0 aromatic rings. The van der Waals surface area contributed by atoms with Crippen LogP contribution < -0.4 is 47.4 Å². The zero-order valence-electron chi connectivity index (χ0n) is 63.0. The third-order valence-corrected chi connectivity index (χ3v) is 20.9. The van der Waals surface area contributed by atoms with Crippen molar-refractivity contribution in [1.29, 1.82) is 0 Å². The molecule has 1 aliphatic carbocycles. The van der Waals surface area contributed by atoms with Gasteiger partial charge in [0.1, 0.15) is 66.9 Å². The molecule has 41 nitrogen and oxygen atoms in total. The van der Waals surface area contributed by atoms with Crippen molar-refractivity contribution in [3.8, 4) is 0 Å². The Morgan fingerprint density at radius 2 is 0.771 bits per heavy atom. The van der Waals surface area contributed by atoms with E-state index in [1.165, 1.54) is 20.8 Å². The maximum Gasteiger partial charge on any atom is 0.242 e. The molecule has 8 amide bonds. The lowest BCUT2D eigenvalue weighted by Gasteiger charge is -2.42. The average molecular weight is 1620 g/mol. The van der Waals surface area contributed by atoms with Gasteiger partial charge in [0.15, 0.2) is 12.6 Å². The van der Waals surface area contributed by atoms with E-state index in [2.05, 4.69) is 42.5 Å². The van der Waals surface area contributed by atoms with Crippen LogP contribution in [0.4, 0.5) is 0 Å². The van der Waals surface area contributed by atoms with E-state index in [1.54, 1.807) is 20.8 Å². The average Bonchev–Trinajstić information content (AvgIpc) is 0.815. The first-order chi connectivity index (χ1) is 52.0. The molecular weight excluding hydrogens is 1500 g/mol. The Morgan fingerprint density at radius 3 is 1.17 bits per heavy atom. The number of amides is 8. The van der Waals surface area contributed by atoms with Gasteiger partial charge >= 0.3 is 0 Å². The smallest absolute Gasteiger partial charge is 0.242 e. The molecule has 2 saturated heterocycles. The number of nitrogens with one attached hydrogen (secondary N) is 8. The van der Waals surface area contributed by atoms with Gasteiger partial charge in [-0.2, -0.15) is 0 Å². The van der Waals surface area contributed by atoms with Crippen LogP contribution >= 0.6 is 6.49 Å². The second-order valence-corrected chi connectivity index (χ2v) is 30.5. The number of carbonyl (C=O) groups is 8. The third kappa shape index (κ3) is 39.8. The number of hydrogen-bond donors (Lipinski definition) is 17. The number of aliphatic hydroxyl groups excluding tert-OH is 9. The number of hydrogen-bond acceptors (Lipinski definition) is 34. The van der Waals surface area contributed by atoms with E-state index in [4.69, 9.17) is 82.6 Å². The van der Waals surface area contributed by atoms with Crippen LogP contribution in [0.1, 0.15) is 80.1 Å². The molecule has 2 aliphatic heterocycles. The molecule has 18 atom stereocenters. The normalized spacial score (nSPS) is 25.4. The molecule has 0 radical (unpaired) electrons. The Bertz CT molecular complexity index is 2660. The van der Waals surface area contributed by atoms with Gasteiger partial charge in [-0.25, -0.2) is 0 Å².